The van der Waals surface area contributed by atoms with Gasteiger partial charge >= 0.3 is 0 Å². The van der Waals surface area contributed by atoms with Crippen molar-refractivity contribution in [3.05, 3.63) is 157 Å². The molecular weight excluding hydrogens is 548 g/mol. The molecule has 0 amide bonds. The first-order chi connectivity index (χ1) is 32.7. The van der Waals surface area contributed by atoms with Crippen LogP contribution in [0.1, 0.15) is 34.3 Å². The van der Waals surface area contributed by atoms with Crippen LogP contribution in [0, 0.1) is 0 Å². The van der Waals surface area contributed by atoms with E-state index in [4.69, 9.17) is 33.2 Å². The molecule has 0 unspecified atom stereocenters. The van der Waals surface area contributed by atoms with Gasteiger partial charge in [0.2, 0.25) is 0 Å². The lowest BCUT2D eigenvalue weighted by Gasteiger charge is -2.11. The molecule has 9 rings (SSSR count). The van der Waals surface area contributed by atoms with Crippen molar-refractivity contribution >= 4 is 43.6 Å². The number of benzene rings is 7. The van der Waals surface area contributed by atoms with Crippen molar-refractivity contribution in [2.75, 3.05) is 0 Å². The summed E-state index contributed by atoms with van der Waals surface area (Å²) in [5.41, 5.74) is -5.97. The van der Waals surface area contributed by atoms with Crippen LogP contribution in [0.25, 0.3) is 88.5 Å². The first kappa shape index (κ1) is 10.8. The van der Waals surface area contributed by atoms with E-state index in [1.165, 1.54) is 0 Å². The Bertz CT molecular complexity index is 3900. The topological polar surface area (TPSA) is 38.9 Å². The number of fused-ring (bicyclic) bond motifs is 6. The average Bonchev–Trinajstić information content (AvgIpc) is 3.72. The summed E-state index contributed by atoms with van der Waals surface area (Å²) in [6.45, 7) is 0. The third-order valence-electron chi connectivity index (χ3n) is 6.91. The Morgan fingerprint density at radius 3 is 1.93 bits per heavy atom. The van der Waals surface area contributed by atoms with Gasteiger partial charge in [-0.3, -0.25) is 0 Å². The van der Waals surface area contributed by atoms with E-state index >= 15 is 0 Å². The first-order valence-electron chi connectivity index (χ1n) is 25.6. The summed E-state index contributed by atoms with van der Waals surface area (Å²) in [7, 11) is 0. The molecule has 9 aromatic rings. The molecule has 0 saturated carbocycles. The lowest BCUT2D eigenvalue weighted by molar-refractivity contribution is 0.672. The van der Waals surface area contributed by atoms with Crippen LogP contribution in [0.15, 0.2) is 162 Å². The number of aromatic nitrogens is 2. The predicted octanol–water partition coefficient (Wildman–Crippen LogP) is 11.4. The van der Waals surface area contributed by atoms with Crippen LogP contribution in [-0.4, -0.2) is 9.97 Å². The third-order valence-corrected chi connectivity index (χ3v) is 6.91. The number of hydrogen-bond donors (Lipinski definition) is 0. The molecule has 210 valence electrons. The van der Waals surface area contributed by atoms with Crippen LogP contribution in [0.2, 0.25) is 0 Å². The Hall–Kier alpha value is -6.06. The van der Waals surface area contributed by atoms with Crippen LogP contribution in [0.4, 0.5) is 0 Å². The predicted molar refractivity (Wildman–Crippen MR) is 186 cm³/mol. The Labute approximate surface area is 295 Å². The van der Waals surface area contributed by atoms with Gasteiger partial charge in [0.1, 0.15) is 11.2 Å². The molecule has 7 aromatic carbocycles. The lowest BCUT2D eigenvalue weighted by atomic mass is 9.95. The van der Waals surface area contributed by atoms with Crippen molar-refractivity contribution < 1.29 is 38.7 Å². The zero-order valence-electron chi connectivity index (χ0n) is 47.4. The van der Waals surface area contributed by atoms with Crippen molar-refractivity contribution in [2.24, 2.45) is 0 Å². The van der Waals surface area contributed by atoms with E-state index in [1.807, 2.05) is 0 Å². The molecule has 0 saturated heterocycles. The summed E-state index contributed by atoms with van der Waals surface area (Å²) in [6, 6.07) is -19.6. The largest absolute Gasteiger partial charge is 0.455 e. The van der Waals surface area contributed by atoms with Crippen molar-refractivity contribution in [2.45, 2.75) is 0 Å². The standard InChI is InChI=1S/C42H26N2O/c1-3-12-27(13-4-1)29-16-11-17-30(24-29)40-34-20-9-10-21-38(34)43-42(44-40)31-22-23-39-36(25-31)37-26-35(28-14-5-2-6-15-28)32-18-7-8-19-33(32)41(37)45-39/h1-26H/i1D,2D,3D,4D,5D,6D,7D,8D,9D,10D,11D,12D,13D,14D,15D,16D,17D,18D,19D,20D,21D,22D,23D,24D,25D. The summed E-state index contributed by atoms with van der Waals surface area (Å²) in [6.07, 6.45) is 0. The summed E-state index contributed by atoms with van der Waals surface area (Å²) >= 11 is 0. The minimum atomic E-state index is -0.968. The number of para-hydroxylation sites is 1. The smallest absolute Gasteiger partial charge is 0.160 e. The summed E-state index contributed by atoms with van der Waals surface area (Å²) in [4.78, 5) is 8.84. The zero-order chi connectivity index (χ0) is 51.5. The number of furan rings is 1. The van der Waals surface area contributed by atoms with Gasteiger partial charge in [0.15, 0.2) is 5.82 Å². The van der Waals surface area contributed by atoms with E-state index in [0.29, 0.717) is 0 Å². The second kappa shape index (κ2) is 10.3. The fourth-order valence-electron chi connectivity index (χ4n) is 4.96. The summed E-state index contributed by atoms with van der Waals surface area (Å²) < 4.78 is 224. The van der Waals surface area contributed by atoms with Gasteiger partial charge in [-0.05, 0) is 63.9 Å². The van der Waals surface area contributed by atoms with E-state index in [1.54, 1.807) is 0 Å². The zero-order valence-corrected chi connectivity index (χ0v) is 22.4. The maximum atomic E-state index is 9.68. The Balaban J connectivity index is 1.47. The van der Waals surface area contributed by atoms with E-state index in [2.05, 4.69) is 9.97 Å². The first-order valence-corrected chi connectivity index (χ1v) is 13.1. The second-order valence-corrected chi connectivity index (χ2v) is 9.48. The van der Waals surface area contributed by atoms with Crippen LogP contribution in [0.3, 0.4) is 0 Å². The molecule has 0 aliphatic heterocycles. The number of rotatable bonds is 4. The fourth-order valence-corrected chi connectivity index (χ4v) is 4.96. The van der Waals surface area contributed by atoms with Crippen LogP contribution in [-0.2, 0) is 0 Å². The van der Waals surface area contributed by atoms with Crippen LogP contribution >= 0.6 is 0 Å². The Kier molecular flexibility index (Phi) is 2.48. The van der Waals surface area contributed by atoms with Crippen molar-refractivity contribution in [3.63, 3.8) is 0 Å². The molecule has 0 N–H and O–H groups in total. The molecule has 0 aliphatic rings. The molecule has 2 aromatic heterocycles. The van der Waals surface area contributed by atoms with Crippen molar-refractivity contribution in [1.82, 2.24) is 9.97 Å². The maximum absolute atomic E-state index is 9.68. The van der Waals surface area contributed by atoms with Gasteiger partial charge in [0.25, 0.3) is 0 Å². The fraction of sp³-hybridized carbons (Fsp3) is 0. The SMILES string of the molecule is [2H]c1c([2H])c([2H])c(-c2c([2H])c([2H])c([2H])c(-c3nc(-c4c([2H])c([2H])c5oc6c(cc(-c7c([2H])c([2H])c([2H])c([2H])c7[2H])c7c([2H])c([2H])c([2H])c([2H])c76)c5c4[2H])nc4c([2H])c([2H])c([2H])c([2H])c34)c2[2H])c([2H])c1[2H]. The van der Waals surface area contributed by atoms with Gasteiger partial charge in [0.05, 0.1) is 45.5 Å². The molecule has 2 heterocycles. The molecule has 0 bridgehead atoms. The van der Waals surface area contributed by atoms with Crippen molar-refractivity contribution in [1.29, 1.82) is 0 Å². The third kappa shape index (κ3) is 4.29. The molecule has 3 heteroatoms. The molecule has 0 spiro atoms. The van der Waals surface area contributed by atoms with Gasteiger partial charge in [-0.15, -0.1) is 0 Å². The normalized spacial score (nSPS) is 19.3. The summed E-state index contributed by atoms with van der Waals surface area (Å²) in [5, 5.41) is -1.92. The van der Waals surface area contributed by atoms with Gasteiger partial charge in [-0.25, -0.2) is 9.97 Å². The molecule has 0 radical (unpaired) electrons. The average molecular weight is 600 g/mol. The van der Waals surface area contributed by atoms with Gasteiger partial charge < -0.3 is 4.42 Å². The van der Waals surface area contributed by atoms with Gasteiger partial charge in [-0.2, -0.15) is 0 Å². The highest BCUT2D eigenvalue weighted by Gasteiger charge is 2.17. The highest BCUT2D eigenvalue weighted by molar-refractivity contribution is 6.19. The van der Waals surface area contributed by atoms with E-state index < -0.39 is 212 Å². The van der Waals surface area contributed by atoms with E-state index in [9.17, 15) is 5.48 Å². The molecular formula is C42H26N2O. The number of hydrogen-bond acceptors (Lipinski definition) is 3. The minimum absolute atomic E-state index is 0.230. The Morgan fingerprint density at radius 2 is 1.11 bits per heavy atom. The molecule has 45 heavy (non-hydrogen) atoms. The lowest BCUT2D eigenvalue weighted by Crippen LogP contribution is -1.95. The van der Waals surface area contributed by atoms with Crippen LogP contribution < -0.4 is 0 Å². The minimum Gasteiger partial charge on any atom is -0.455 e. The highest BCUT2D eigenvalue weighted by atomic mass is 16.3. The number of nitrogens with zero attached hydrogens (tertiary/aromatic N) is 2. The molecule has 0 fully saturated rings. The van der Waals surface area contributed by atoms with E-state index in [-0.39, 0.29) is 27.3 Å². The molecule has 0 atom stereocenters. The van der Waals surface area contributed by atoms with Crippen LogP contribution in [0.5, 0.6) is 0 Å². The highest BCUT2D eigenvalue weighted by Crippen LogP contribution is 2.41. The van der Waals surface area contributed by atoms with Gasteiger partial charge in [-0.1, -0.05) is 121 Å². The van der Waals surface area contributed by atoms with E-state index in [0.717, 1.165) is 6.07 Å². The van der Waals surface area contributed by atoms with Crippen molar-refractivity contribution in [3.8, 4) is 44.9 Å². The quantitative estimate of drug-likeness (QED) is 0.202. The molecule has 3 nitrogen and oxygen atoms in total. The Morgan fingerprint density at radius 1 is 0.444 bits per heavy atom. The maximum Gasteiger partial charge on any atom is 0.160 e. The molecule has 0 aliphatic carbocycles. The summed E-state index contributed by atoms with van der Waals surface area (Å²) in [5.74, 6) is -0.759. The monoisotopic (exact) mass is 599 g/mol. The second-order valence-electron chi connectivity index (χ2n) is 9.48. The van der Waals surface area contributed by atoms with Gasteiger partial charge in [0, 0.05) is 32.7 Å².